The maximum Gasteiger partial charge on any atom is 0.310 e. The summed E-state index contributed by atoms with van der Waals surface area (Å²) in [7, 11) is 0. The Morgan fingerprint density at radius 1 is 1.24 bits per heavy atom. The Morgan fingerprint density at radius 3 is 2.48 bits per heavy atom. The van der Waals surface area contributed by atoms with Gasteiger partial charge in [-0.05, 0) is 36.8 Å². The van der Waals surface area contributed by atoms with Gasteiger partial charge >= 0.3 is 5.97 Å². The summed E-state index contributed by atoms with van der Waals surface area (Å²) in [6.45, 7) is 3.80. The third-order valence-electron chi connectivity index (χ3n) is 3.18. The van der Waals surface area contributed by atoms with E-state index in [1.165, 1.54) is 12.8 Å². The van der Waals surface area contributed by atoms with Gasteiger partial charge in [-0.2, -0.15) is 11.8 Å². The lowest BCUT2D eigenvalue weighted by molar-refractivity contribution is -0.138. The topological polar surface area (TPSA) is 66.4 Å². The molecule has 0 aromatic heterocycles. The molecule has 1 unspecified atom stereocenters. The molecule has 21 heavy (non-hydrogen) atoms. The van der Waals surface area contributed by atoms with E-state index in [1.807, 2.05) is 0 Å². The molecule has 0 spiro atoms. The average Bonchev–Trinajstić information content (AvgIpc) is 2.47. The monoisotopic (exact) mass is 309 g/mol. The number of hydrogen-bond acceptors (Lipinski definition) is 3. The molecule has 0 radical (unpaired) electrons. The highest BCUT2D eigenvalue weighted by molar-refractivity contribution is 7.99. The van der Waals surface area contributed by atoms with E-state index in [9.17, 15) is 9.59 Å². The number of benzene rings is 1. The molecular weight excluding hydrogens is 286 g/mol. The highest BCUT2D eigenvalue weighted by Crippen LogP contribution is 2.18. The molecule has 1 amide bonds. The van der Waals surface area contributed by atoms with Crippen molar-refractivity contribution in [1.29, 1.82) is 0 Å². The summed E-state index contributed by atoms with van der Waals surface area (Å²) in [6.07, 6.45) is 2.87. The van der Waals surface area contributed by atoms with Crippen molar-refractivity contribution in [3.63, 3.8) is 0 Å². The Kier molecular flexibility index (Phi) is 7.90. The number of nitrogens with one attached hydrogen (secondary N) is 1. The van der Waals surface area contributed by atoms with E-state index in [0.717, 1.165) is 17.1 Å². The first-order valence-electron chi connectivity index (χ1n) is 7.25. The predicted octanol–water partition coefficient (Wildman–Crippen LogP) is 3.74. The Labute approximate surface area is 130 Å². The Bertz CT molecular complexity index is 459. The van der Waals surface area contributed by atoms with Crippen molar-refractivity contribution in [2.75, 3.05) is 16.8 Å². The van der Waals surface area contributed by atoms with Crippen molar-refractivity contribution in [1.82, 2.24) is 0 Å². The summed E-state index contributed by atoms with van der Waals surface area (Å²) < 4.78 is 0. The van der Waals surface area contributed by atoms with E-state index in [2.05, 4.69) is 12.2 Å². The largest absolute Gasteiger partial charge is 0.481 e. The highest BCUT2D eigenvalue weighted by Gasteiger charge is 2.13. The molecule has 4 nitrogen and oxygen atoms in total. The summed E-state index contributed by atoms with van der Waals surface area (Å²) in [5.74, 6) is 0.546. The van der Waals surface area contributed by atoms with Crippen LogP contribution in [0.3, 0.4) is 0 Å². The van der Waals surface area contributed by atoms with Crippen LogP contribution >= 0.6 is 11.8 Å². The Hall–Kier alpha value is -1.49. The molecule has 1 aromatic rings. The van der Waals surface area contributed by atoms with Crippen molar-refractivity contribution in [3.05, 3.63) is 29.8 Å². The first-order chi connectivity index (χ1) is 10.0. The maximum absolute atomic E-state index is 11.8. The van der Waals surface area contributed by atoms with Gasteiger partial charge in [0, 0.05) is 17.9 Å². The lowest BCUT2D eigenvalue weighted by Crippen LogP contribution is -2.12. The van der Waals surface area contributed by atoms with Crippen molar-refractivity contribution < 1.29 is 14.7 Å². The third-order valence-corrected chi connectivity index (χ3v) is 4.25. The number of carbonyl (C=O) groups excluding carboxylic acids is 1. The zero-order chi connectivity index (χ0) is 15.7. The van der Waals surface area contributed by atoms with Gasteiger partial charge in [-0.3, -0.25) is 9.59 Å². The van der Waals surface area contributed by atoms with Crippen LogP contribution in [0, 0.1) is 0 Å². The molecule has 0 heterocycles. The number of carboxylic acids is 1. The minimum absolute atomic E-state index is 0.00182. The minimum Gasteiger partial charge on any atom is -0.481 e. The number of carboxylic acid groups (broad SMARTS) is 1. The number of carbonyl (C=O) groups is 2. The minimum atomic E-state index is -0.851. The average molecular weight is 309 g/mol. The molecule has 0 bridgehead atoms. The maximum atomic E-state index is 11.8. The standard InChI is InChI=1S/C16H23NO3S/c1-3-4-10-21-11-9-15(18)17-14-7-5-13(6-8-14)12(2)16(19)20/h5-8,12H,3-4,9-11H2,1-2H3,(H,17,18)(H,19,20). The molecule has 116 valence electrons. The van der Waals surface area contributed by atoms with Gasteiger partial charge in [0.2, 0.25) is 5.91 Å². The first-order valence-corrected chi connectivity index (χ1v) is 8.40. The predicted molar refractivity (Wildman–Crippen MR) is 88.0 cm³/mol. The van der Waals surface area contributed by atoms with Crippen LogP contribution in [0.2, 0.25) is 0 Å². The van der Waals surface area contributed by atoms with Crippen LogP contribution in [-0.4, -0.2) is 28.5 Å². The van der Waals surface area contributed by atoms with Gasteiger partial charge < -0.3 is 10.4 Å². The summed E-state index contributed by atoms with van der Waals surface area (Å²) >= 11 is 1.80. The Balaban J connectivity index is 2.38. The number of thioether (sulfide) groups is 1. The molecule has 0 aliphatic heterocycles. The summed E-state index contributed by atoms with van der Waals surface area (Å²) in [5.41, 5.74) is 1.44. The van der Waals surface area contributed by atoms with E-state index in [-0.39, 0.29) is 5.91 Å². The van der Waals surface area contributed by atoms with Crippen LogP contribution in [-0.2, 0) is 9.59 Å². The molecule has 5 heteroatoms. The van der Waals surface area contributed by atoms with E-state index >= 15 is 0 Å². The van der Waals surface area contributed by atoms with E-state index in [1.54, 1.807) is 43.0 Å². The molecule has 1 atom stereocenters. The lowest BCUT2D eigenvalue weighted by atomic mass is 10.0. The van der Waals surface area contributed by atoms with Gasteiger partial charge in [0.05, 0.1) is 5.92 Å². The fourth-order valence-electron chi connectivity index (χ4n) is 1.73. The molecule has 0 aliphatic rings. The zero-order valence-corrected chi connectivity index (χ0v) is 13.4. The van der Waals surface area contributed by atoms with E-state index in [0.29, 0.717) is 12.1 Å². The van der Waals surface area contributed by atoms with E-state index < -0.39 is 11.9 Å². The fourth-order valence-corrected chi connectivity index (χ4v) is 2.76. The van der Waals surface area contributed by atoms with Gasteiger partial charge in [-0.25, -0.2) is 0 Å². The molecular formula is C16H23NO3S. The first kappa shape index (κ1) is 17.6. The van der Waals surface area contributed by atoms with Crippen molar-refractivity contribution in [2.45, 2.75) is 39.0 Å². The lowest BCUT2D eigenvalue weighted by Gasteiger charge is -2.09. The van der Waals surface area contributed by atoms with Crippen LogP contribution in [0.15, 0.2) is 24.3 Å². The molecule has 2 N–H and O–H groups in total. The second-order valence-corrected chi connectivity index (χ2v) is 6.17. The molecule has 1 rings (SSSR count). The number of unbranched alkanes of at least 4 members (excludes halogenated alkanes) is 1. The van der Waals surface area contributed by atoms with Gasteiger partial charge in [-0.15, -0.1) is 0 Å². The number of anilines is 1. The molecule has 0 saturated heterocycles. The summed E-state index contributed by atoms with van der Waals surface area (Å²) in [5, 5.41) is 11.8. The second kappa shape index (κ2) is 9.45. The zero-order valence-electron chi connectivity index (χ0n) is 12.6. The van der Waals surface area contributed by atoms with Crippen LogP contribution in [0.5, 0.6) is 0 Å². The molecule has 1 aromatic carbocycles. The highest BCUT2D eigenvalue weighted by atomic mass is 32.2. The summed E-state index contributed by atoms with van der Waals surface area (Å²) in [6, 6.07) is 6.97. The van der Waals surface area contributed by atoms with Gasteiger partial charge in [0.25, 0.3) is 0 Å². The smallest absolute Gasteiger partial charge is 0.310 e. The molecule has 0 fully saturated rings. The SMILES string of the molecule is CCCCSCCC(=O)Nc1ccc(C(C)C(=O)O)cc1. The second-order valence-electron chi connectivity index (χ2n) is 4.95. The third kappa shape index (κ3) is 6.67. The van der Waals surface area contributed by atoms with Crippen molar-refractivity contribution >= 4 is 29.3 Å². The fraction of sp³-hybridized carbons (Fsp3) is 0.500. The quantitative estimate of drug-likeness (QED) is 0.682. The molecule has 0 aliphatic carbocycles. The van der Waals surface area contributed by atoms with Crippen LogP contribution in [0.25, 0.3) is 0 Å². The number of hydrogen-bond donors (Lipinski definition) is 2. The van der Waals surface area contributed by atoms with Gasteiger partial charge in [-0.1, -0.05) is 25.5 Å². The number of aliphatic carboxylic acids is 1. The van der Waals surface area contributed by atoms with Gasteiger partial charge in [0.1, 0.15) is 0 Å². The van der Waals surface area contributed by atoms with Crippen molar-refractivity contribution in [2.24, 2.45) is 0 Å². The van der Waals surface area contributed by atoms with E-state index in [4.69, 9.17) is 5.11 Å². The van der Waals surface area contributed by atoms with Crippen LogP contribution in [0.4, 0.5) is 5.69 Å². The van der Waals surface area contributed by atoms with Crippen molar-refractivity contribution in [3.8, 4) is 0 Å². The number of rotatable bonds is 9. The normalized spacial score (nSPS) is 11.9. The number of amides is 1. The molecule has 0 saturated carbocycles. The summed E-state index contributed by atoms with van der Waals surface area (Å²) in [4.78, 5) is 22.6. The van der Waals surface area contributed by atoms with Crippen LogP contribution < -0.4 is 5.32 Å². The van der Waals surface area contributed by atoms with Gasteiger partial charge in [0.15, 0.2) is 0 Å². The van der Waals surface area contributed by atoms with Crippen LogP contribution in [0.1, 0.15) is 44.6 Å². The Morgan fingerprint density at radius 2 is 1.90 bits per heavy atom.